The van der Waals surface area contributed by atoms with Crippen molar-refractivity contribution in [3.8, 4) is 11.5 Å². The monoisotopic (exact) mass is 344 g/mol. The lowest BCUT2D eigenvalue weighted by atomic mass is 10.1. The van der Waals surface area contributed by atoms with Crippen molar-refractivity contribution in [2.45, 2.75) is 12.6 Å². The zero-order valence-electron chi connectivity index (χ0n) is 13.8. The van der Waals surface area contributed by atoms with E-state index in [0.717, 1.165) is 0 Å². The third-order valence-corrected chi connectivity index (χ3v) is 3.95. The minimum Gasteiger partial charge on any atom is -0.493 e. The van der Waals surface area contributed by atoms with E-state index in [0.29, 0.717) is 28.0 Å². The van der Waals surface area contributed by atoms with E-state index < -0.39 is 6.10 Å². The predicted molar refractivity (Wildman–Crippen MR) is 90.5 cm³/mol. The molecule has 0 aliphatic rings. The molecule has 3 aromatic rings. The van der Waals surface area contributed by atoms with Crippen LogP contribution < -0.4 is 15.0 Å². The van der Waals surface area contributed by atoms with Gasteiger partial charge in [0.25, 0.3) is 5.56 Å². The predicted octanol–water partition coefficient (Wildman–Crippen LogP) is 2.29. The maximum Gasteiger partial charge on any atom is 0.261 e. The number of nitrogens with zero attached hydrogens (tertiary/aromatic N) is 2. The van der Waals surface area contributed by atoms with Gasteiger partial charge >= 0.3 is 0 Å². The van der Waals surface area contributed by atoms with Gasteiger partial charge in [0, 0.05) is 6.07 Å². The van der Waals surface area contributed by atoms with Crippen molar-refractivity contribution in [1.82, 2.24) is 9.55 Å². The first-order valence-corrected chi connectivity index (χ1v) is 7.58. The second kappa shape index (κ2) is 6.90. The normalized spacial score (nSPS) is 12.2. The molecule has 0 spiro atoms. The van der Waals surface area contributed by atoms with Gasteiger partial charge in [-0.3, -0.25) is 9.36 Å². The molecule has 25 heavy (non-hydrogen) atoms. The first kappa shape index (κ1) is 16.9. The molecule has 1 aromatic heterocycles. The molecule has 0 aliphatic carbocycles. The molecular weight excluding hydrogens is 327 g/mol. The van der Waals surface area contributed by atoms with E-state index in [2.05, 4.69) is 4.98 Å². The van der Waals surface area contributed by atoms with Crippen molar-refractivity contribution in [3.05, 3.63) is 64.5 Å². The maximum atomic E-state index is 13.0. The summed E-state index contributed by atoms with van der Waals surface area (Å²) >= 11 is 0. The lowest BCUT2D eigenvalue weighted by molar-refractivity contribution is 0.155. The Labute approximate surface area is 143 Å². The Morgan fingerprint density at radius 1 is 1.16 bits per heavy atom. The fraction of sp³-hybridized carbons (Fsp3) is 0.222. The number of ether oxygens (including phenoxy) is 2. The van der Waals surface area contributed by atoms with Gasteiger partial charge in [-0.2, -0.15) is 0 Å². The van der Waals surface area contributed by atoms with Crippen molar-refractivity contribution in [3.63, 3.8) is 0 Å². The zero-order valence-corrected chi connectivity index (χ0v) is 13.8. The van der Waals surface area contributed by atoms with Crippen molar-refractivity contribution >= 4 is 10.9 Å². The van der Waals surface area contributed by atoms with Crippen molar-refractivity contribution in [2.75, 3.05) is 14.2 Å². The molecule has 0 saturated carbocycles. The van der Waals surface area contributed by atoms with Crippen molar-refractivity contribution < 1.29 is 19.0 Å². The second-order valence-corrected chi connectivity index (χ2v) is 5.49. The van der Waals surface area contributed by atoms with Gasteiger partial charge in [0.1, 0.15) is 5.82 Å². The maximum absolute atomic E-state index is 13.0. The molecule has 0 fully saturated rings. The smallest absolute Gasteiger partial charge is 0.261 e. The minimum atomic E-state index is -0.960. The number of aliphatic hydroxyl groups is 1. The third kappa shape index (κ3) is 3.32. The quantitative estimate of drug-likeness (QED) is 0.769. The number of hydrogen-bond acceptors (Lipinski definition) is 5. The largest absolute Gasteiger partial charge is 0.493 e. The van der Waals surface area contributed by atoms with Crippen LogP contribution >= 0.6 is 0 Å². The van der Waals surface area contributed by atoms with Crippen LogP contribution in [0.4, 0.5) is 4.39 Å². The highest BCUT2D eigenvalue weighted by Gasteiger charge is 2.14. The zero-order chi connectivity index (χ0) is 18.0. The molecule has 6 nitrogen and oxygen atoms in total. The summed E-state index contributed by atoms with van der Waals surface area (Å²) in [6.07, 6.45) is 0.404. The number of aliphatic hydroxyl groups excluding tert-OH is 1. The molecule has 0 aliphatic heterocycles. The molecule has 3 rings (SSSR count). The summed E-state index contributed by atoms with van der Waals surface area (Å²) < 4.78 is 24.7. The Balaban J connectivity index is 1.98. The first-order valence-electron chi connectivity index (χ1n) is 7.58. The molecule has 1 atom stereocenters. The van der Waals surface area contributed by atoms with Crippen LogP contribution in [-0.4, -0.2) is 28.9 Å². The molecule has 0 unspecified atom stereocenters. The van der Waals surface area contributed by atoms with E-state index in [4.69, 9.17) is 9.47 Å². The number of aromatic nitrogens is 2. The van der Waals surface area contributed by atoms with E-state index in [1.54, 1.807) is 12.1 Å². The van der Waals surface area contributed by atoms with Crippen LogP contribution in [-0.2, 0) is 6.54 Å². The van der Waals surface area contributed by atoms with Crippen molar-refractivity contribution in [2.24, 2.45) is 0 Å². The number of hydrogen-bond donors (Lipinski definition) is 1. The minimum absolute atomic E-state index is 0.00174. The molecule has 130 valence electrons. The van der Waals surface area contributed by atoms with Crippen LogP contribution in [0.3, 0.4) is 0 Å². The summed E-state index contributed by atoms with van der Waals surface area (Å²) in [4.78, 5) is 16.9. The van der Waals surface area contributed by atoms with Gasteiger partial charge in [-0.15, -0.1) is 0 Å². The highest BCUT2D eigenvalue weighted by Crippen LogP contribution is 2.29. The molecule has 0 bridgehead atoms. The molecule has 0 saturated heterocycles. The van der Waals surface area contributed by atoms with Crippen LogP contribution in [0.2, 0.25) is 0 Å². The summed E-state index contributed by atoms with van der Waals surface area (Å²) in [6.45, 7) is 0.00174. The van der Waals surface area contributed by atoms with Gasteiger partial charge in [0.15, 0.2) is 11.5 Å². The van der Waals surface area contributed by atoms with Gasteiger partial charge in [-0.1, -0.05) is 12.1 Å². The molecule has 1 N–H and O–H groups in total. The summed E-state index contributed by atoms with van der Waals surface area (Å²) in [5.41, 5.74) is 0.669. The number of rotatable bonds is 5. The van der Waals surface area contributed by atoms with Crippen molar-refractivity contribution in [1.29, 1.82) is 0 Å². The highest BCUT2D eigenvalue weighted by molar-refractivity contribution is 5.81. The Morgan fingerprint density at radius 3 is 2.44 bits per heavy atom. The average Bonchev–Trinajstić information content (AvgIpc) is 2.63. The lowest BCUT2D eigenvalue weighted by Gasteiger charge is -2.14. The standard InChI is InChI=1S/C18H17FN2O4/c1-24-16-7-13-14(8-17(16)25-2)20-10-21(18(13)23)9-15(22)11-3-5-12(19)6-4-11/h3-8,10,15,22H,9H2,1-2H3/t15-/m0/s1. The summed E-state index contributed by atoms with van der Waals surface area (Å²) in [7, 11) is 2.99. The first-order chi connectivity index (χ1) is 12.0. The molecule has 2 aromatic carbocycles. The molecular formula is C18H17FN2O4. The topological polar surface area (TPSA) is 73.6 Å². The van der Waals surface area contributed by atoms with Crippen LogP contribution in [0.25, 0.3) is 10.9 Å². The van der Waals surface area contributed by atoms with Crippen LogP contribution in [0, 0.1) is 5.82 Å². The summed E-state index contributed by atoms with van der Waals surface area (Å²) in [5.74, 6) is 0.512. The van der Waals surface area contributed by atoms with Crippen LogP contribution in [0.1, 0.15) is 11.7 Å². The summed E-state index contributed by atoms with van der Waals surface area (Å²) in [5, 5.41) is 10.6. The fourth-order valence-corrected chi connectivity index (χ4v) is 2.59. The highest BCUT2D eigenvalue weighted by atomic mass is 19.1. The number of benzene rings is 2. The SMILES string of the molecule is COc1cc2ncn(C[C@H](O)c3ccc(F)cc3)c(=O)c2cc1OC. The van der Waals surface area contributed by atoms with Gasteiger partial charge in [-0.25, -0.2) is 9.37 Å². The van der Waals surface area contributed by atoms with Gasteiger partial charge in [-0.05, 0) is 23.8 Å². The Kier molecular flexibility index (Phi) is 4.67. The fourth-order valence-electron chi connectivity index (χ4n) is 2.59. The third-order valence-electron chi connectivity index (χ3n) is 3.95. The molecule has 1 heterocycles. The van der Waals surface area contributed by atoms with E-state index >= 15 is 0 Å². The van der Waals surface area contributed by atoms with E-state index in [1.807, 2.05) is 0 Å². The lowest BCUT2D eigenvalue weighted by Crippen LogP contribution is -2.23. The van der Waals surface area contributed by atoms with Gasteiger partial charge in [0.05, 0.1) is 44.1 Å². The summed E-state index contributed by atoms with van der Waals surface area (Å²) in [6, 6.07) is 8.66. The average molecular weight is 344 g/mol. The van der Waals surface area contributed by atoms with Crippen LogP contribution in [0.5, 0.6) is 11.5 Å². The Morgan fingerprint density at radius 2 is 1.80 bits per heavy atom. The molecule has 0 amide bonds. The van der Waals surface area contributed by atoms with Gasteiger partial charge in [0.2, 0.25) is 0 Å². The van der Waals surface area contributed by atoms with Crippen LogP contribution in [0.15, 0.2) is 47.5 Å². The number of methoxy groups -OCH3 is 2. The Bertz CT molecular complexity index is 954. The molecule has 7 heteroatoms. The molecule has 0 radical (unpaired) electrons. The number of halogens is 1. The van der Waals surface area contributed by atoms with Gasteiger partial charge < -0.3 is 14.6 Å². The van der Waals surface area contributed by atoms with E-state index in [1.165, 1.54) is 49.4 Å². The second-order valence-electron chi connectivity index (χ2n) is 5.49. The van der Waals surface area contributed by atoms with E-state index in [9.17, 15) is 14.3 Å². The Hall–Kier alpha value is -2.93. The van der Waals surface area contributed by atoms with E-state index in [-0.39, 0.29) is 17.9 Å². The number of fused-ring (bicyclic) bond motifs is 1.